The van der Waals surface area contributed by atoms with E-state index < -0.39 is 11.9 Å². The zero-order valence-electron chi connectivity index (χ0n) is 7.55. The summed E-state index contributed by atoms with van der Waals surface area (Å²) < 4.78 is 0. The molecule has 0 amide bonds. The molecule has 0 rings (SSSR count). The molecule has 68 valence electrons. The summed E-state index contributed by atoms with van der Waals surface area (Å²) >= 11 is 0. The number of rotatable bonds is 6. The molecule has 0 radical (unpaired) electrons. The smallest absolute Gasteiger partial charge is 0.318 e. The molecular formula is C10H16O2. The molecule has 0 aromatic carbocycles. The number of aliphatic carboxylic acids is 1. The minimum Gasteiger partial charge on any atom is -0.480 e. The first kappa shape index (κ1) is 11.0. The molecule has 12 heavy (non-hydrogen) atoms. The van der Waals surface area contributed by atoms with Crippen LogP contribution in [-0.2, 0) is 4.79 Å². The topological polar surface area (TPSA) is 37.3 Å². The lowest BCUT2D eigenvalue weighted by Crippen LogP contribution is -2.10. The molecule has 0 heterocycles. The molecule has 0 spiro atoms. The van der Waals surface area contributed by atoms with E-state index in [0.717, 1.165) is 25.7 Å². The van der Waals surface area contributed by atoms with Crippen molar-refractivity contribution in [1.82, 2.24) is 0 Å². The van der Waals surface area contributed by atoms with E-state index in [1.165, 1.54) is 0 Å². The number of carboxylic acid groups (broad SMARTS) is 1. The van der Waals surface area contributed by atoms with Gasteiger partial charge in [-0.15, -0.1) is 6.42 Å². The average molecular weight is 168 g/mol. The Hall–Kier alpha value is -0.970. The van der Waals surface area contributed by atoms with Crippen LogP contribution in [0.3, 0.4) is 0 Å². The van der Waals surface area contributed by atoms with Crippen molar-refractivity contribution >= 4 is 5.97 Å². The summed E-state index contributed by atoms with van der Waals surface area (Å²) in [6, 6.07) is 0. The maximum atomic E-state index is 10.5. The molecule has 2 nitrogen and oxygen atoms in total. The molecule has 0 aliphatic carbocycles. The van der Waals surface area contributed by atoms with E-state index >= 15 is 0 Å². The molecular weight excluding hydrogens is 152 g/mol. The van der Waals surface area contributed by atoms with Gasteiger partial charge in [0.05, 0.1) is 0 Å². The van der Waals surface area contributed by atoms with Crippen LogP contribution in [0, 0.1) is 18.3 Å². The Bertz CT molecular complexity index is 167. The molecule has 0 saturated carbocycles. The van der Waals surface area contributed by atoms with Gasteiger partial charge < -0.3 is 5.11 Å². The molecule has 0 aliphatic heterocycles. The summed E-state index contributed by atoms with van der Waals surface area (Å²) in [4.78, 5) is 10.5. The van der Waals surface area contributed by atoms with Crippen molar-refractivity contribution in [1.29, 1.82) is 0 Å². The first-order valence-electron chi connectivity index (χ1n) is 4.41. The van der Waals surface area contributed by atoms with Crippen LogP contribution in [0.1, 0.15) is 39.0 Å². The second-order valence-corrected chi connectivity index (χ2v) is 2.91. The van der Waals surface area contributed by atoms with Gasteiger partial charge in [-0.3, -0.25) is 4.79 Å². The predicted molar refractivity (Wildman–Crippen MR) is 48.7 cm³/mol. The van der Waals surface area contributed by atoms with Crippen LogP contribution < -0.4 is 0 Å². The van der Waals surface area contributed by atoms with E-state index in [1.54, 1.807) is 0 Å². The molecule has 0 aromatic heterocycles. The van der Waals surface area contributed by atoms with Crippen molar-refractivity contribution in [2.45, 2.75) is 39.0 Å². The fourth-order valence-electron chi connectivity index (χ4n) is 1.05. The minimum absolute atomic E-state index is 0.582. The van der Waals surface area contributed by atoms with Crippen LogP contribution in [0.2, 0.25) is 0 Å². The Labute approximate surface area is 74.0 Å². The van der Waals surface area contributed by atoms with Gasteiger partial charge in [0, 0.05) is 0 Å². The Morgan fingerprint density at radius 1 is 1.50 bits per heavy atom. The highest BCUT2D eigenvalue weighted by atomic mass is 16.4. The lowest BCUT2D eigenvalue weighted by atomic mass is 10.0. The first-order chi connectivity index (χ1) is 5.72. The van der Waals surface area contributed by atoms with Crippen molar-refractivity contribution in [3.8, 4) is 12.3 Å². The van der Waals surface area contributed by atoms with Gasteiger partial charge in [-0.2, -0.15) is 0 Å². The summed E-state index contributed by atoms with van der Waals surface area (Å²) in [5.74, 6) is 0.831. The van der Waals surface area contributed by atoms with Crippen molar-refractivity contribution < 1.29 is 9.90 Å². The van der Waals surface area contributed by atoms with Crippen LogP contribution in [0.4, 0.5) is 0 Å². The quantitative estimate of drug-likeness (QED) is 0.488. The average Bonchev–Trinajstić information content (AvgIpc) is 2.04. The normalized spacial score (nSPS) is 12.0. The second-order valence-electron chi connectivity index (χ2n) is 2.91. The number of carbonyl (C=O) groups is 1. The SMILES string of the molecule is C#CC(CCCCCC)C(=O)O. The van der Waals surface area contributed by atoms with Crippen molar-refractivity contribution in [2.24, 2.45) is 5.92 Å². The first-order valence-corrected chi connectivity index (χ1v) is 4.41. The molecule has 0 bridgehead atoms. The van der Waals surface area contributed by atoms with Gasteiger partial charge in [-0.25, -0.2) is 0 Å². The minimum atomic E-state index is -0.867. The Balaban J connectivity index is 3.47. The monoisotopic (exact) mass is 168 g/mol. The lowest BCUT2D eigenvalue weighted by Gasteiger charge is -2.03. The van der Waals surface area contributed by atoms with E-state index in [0.29, 0.717) is 6.42 Å². The standard InChI is InChI=1S/C10H16O2/c1-3-5-6-7-8-9(4-2)10(11)12/h2,9H,3,5-8H2,1H3,(H,11,12). The number of carboxylic acids is 1. The molecule has 2 heteroatoms. The van der Waals surface area contributed by atoms with E-state index in [1.807, 2.05) is 0 Å². The maximum absolute atomic E-state index is 10.5. The zero-order valence-corrected chi connectivity index (χ0v) is 7.55. The van der Waals surface area contributed by atoms with E-state index in [-0.39, 0.29) is 0 Å². The van der Waals surface area contributed by atoms with Gasteiger partial charge in [-0.05, 0) is 6.42 Å². The summed E-state index contributed by atoms with van der Waals surface area (Å²) in [6.45, 7) is 2.12. The highest BCUT2D eigenvalue weighted by Gasteiger charge is 2.12. The molecule has 0 saturated heterocycles. The molecule has 1 atom stereocenters. The van der Waals surface area contributed by atoms with Crippen LogP contribution in [0.25, 0.3) is 0 Å². The maximum Gasteiger partial charge on any atom is 0.318 e. The zero-order chi connectivity index (χ0) is 9.40. The third kappa shape index (κ3) is 4.79. The van der Waals surface area contributed by atoms with Crippen molar-refractivity contribution in [2.75, 3.05) is 0 Å². The molecule has 0 fully saturated rings. The fourth-order valence-corrected chi connectivity index (χ4v) is 1.05. The summed E-state index contributed by atoms with van der Waals surface area (Å²) in [6.07, 6.45) is 10.0. The van der Waals surface area contributed by atoms with E-state index in [2.05, 4.69) is 12.8 Å². The third-order valence-electron chi connectivity index (χ3n) is 1.85. The Morgan fingerprint density at radius 3 is 2.58 bits per heavy atom. The highest BCUT2D eigenvalue weighted by molar-refractivity contribution is 5.73. The van der Waals surface area contributed by atoms with Gasteiger partial charge in [-0.1, -0.05) is 38.5 Å². The molecule has 1 unspecified atom stereocenters. The second kappa shape index (κ2) is 6.72. The number of unbranched alkanes of at least 4 members (excludes halogenated alkanes) is 3. The highest BCUT2D eigenvalue weighted by Crippen LogP contribution is 2.10. The van der Waals surface area contributed by atoms with Crippen LogP contribution in [0.5, 0.6) is 0 Å². The van der Waals surface area contributed by atoms with Gasteiger partial charge >= 0.3 is 5.97 Å². The van der Waals surface area contributed by atoms with Gasteiger partial charge in [0.25, 0.3) is 0 Å². The lowest BCUT2D eigenvalue weighted by molar-refractivity contribution is -0.139. The van der Waals surface area contributed by atoms with Crippen LogP contribution in [-0.4, -0.2) is 11.1 Å². The molecule has 1 N–H and O–H groups in total. The van der Waals surface area contributed by atoms with Crippen molar-refractivity contribution in [3.05, 3.63) is 0 Å². The Kier molecular flexibility index (Phi) is 6.18. The Morgan fingerprint density at radius 2 is 2.17 bits per heavy atom. The van der Waals surface area contributed by atoms with E-state index in [4.69, 9.17) is 11.5 Å². The van der Waals surface area contributed by atoms with Crippen molar-refractivity contribution in [3.63, 3.8) is 0 Å². The van der Waals surface area contributed by atoms with Gasteiger partial charge in [0.15, 0.2) is 0 Å². The number of terminal acetylenes is 1. The number of hydrogen-bond donors (Lipinski definition) is 1. The fraction of sp³-hybridized carbons (Fsp3) is 0.700. The summed E-state index contributed by atoms with van der Waals surface area (Å²) in [5.41, 5.74) is 0. The van der Waals surface area contributed by atoms with E-state index in [9.17, 15) is 4.79 Å². The summed E-state index contributed by atoms with van der Waals surface area (Å²) in [7, 11) is 0. The molecule has 0 aromatic rings. The van der Waals surface area contributed by atoms with Crippen LogP contribution >= 0.6 is 0 Å². The number of hydrogen-bond acceptors (Lipinski definition) is 1. The largest absolute Gasteiger partial charge is 0.480 e. The van der Waals surface area contributed by atoms with Gasteiger partial charge in [0.1, 0.15) is 5.92 Å². The van der Waals surface area contributed by atoms with Crippen LogP contribution in [0.15, 0.2) is 0 Å². The predicted octanol–water partition coefficient (Wildman–Crippen LogP) is 2.29. The molecule has 0 aliphatic rings. The van der Waals surface area contributed by atoms with Gasteiger partial charge in [0.2, 0.25) is 0 Å². The summed E-state index contributed by atoms with van der Waals surface area (Å²) in [5, 5.41) is 8.59. The third-order valence-corrected chi connectivity index (χ3v) is 1.85.